The molecule has 0 spiro atoms. The molecule has 0 fully saturated rings. The minimum absolute atomic E-state index is 0.229. The van der Waals surface area contributed by atoms with Gasteiger partial charge in [0.25, 0.3) is 0 Å². The van der Waals surface area contributed by atoms with E-state index in [0.29, 0.717) is 5.82 Å². The van der Waals surface area contributed by atoms with Crippen LogP contribution >= 0.6 is 0 Å². The molecule has 0 saturated heterocycles. The number of fused-ring (bicyclic) bond motifs is 3. The van der Waals surface area contributed by atoms with E-state index in [1.165, 1.54) is 5.56 Å². The topological polar surface area (TPSA) is 50.9 Å². The van der Waals surface area contributed by atoms with Crippen LogP contribution in [0.5, 0.6) is 5.75 Å². The number of aromatic hydroxyl groups is 1. The Hall–Kier alpha value is -2.62. The molecule has 0 unspecified atom stereocenters. The van der Waals surface area contributed by atoms with Crippen LogP contribution in [-0.4, -0.2) is 19.9 Å². The molecule has 1 aliphatic rings. The Kier molecular flexibility index (Phi) is 2.00. The zero-order valence-electron chi connectivity index (χ0n) is 10.1. The molecule has 0 saturated carbocycles. The summed E-state index contributed by atoms with van der Waals surface area (Å²) in [6.45, 7) is 0.761. The standard InChI is InChI=1S/C15H11N3O/c19-12-6-3-5-10(8-12)14-16-15-13-7-2-1-4-11(13)9-18(15)17-14/h1-8,19H,9H2. The van der Waals surface area contributed by atoms with Crippen LogP contribution in [0.3, 0.4) is 0 Å². The molecule has 2 aromatic carbocycles. The van der Waals surface area contributed by atoms with E-state index in [9.17, 15) is 5.11 Å². The number of hydrogen-bond acceptors (Lipinski definition) is 3. The van der Waals surface area contributed by atoms with Gasteiger partial charge in [0.15, 0.2) is 11.6 Å². The van der Waals surface area contributed by atoms with E-state index in [-0.39, 0.29) is 5.75 Å². The molecule has 0 bridgehead atoms. The highest BCUT2D eigenvalue weighted by molar-refractivity contribution is 5.67. The Morgan fingerprint density at radius 3 is 2.84 bits per heavy atom. The van der Waals surface area contributed by atoms with Crippen molar-refractivity contribution in [3.63, 3.8) is 0 Å². The number of phenolic OH excluding ortho intramolecular Hbond substituents is 1. The Bertz CT molecular complexity index is 777. The third-order valence-electron chi connectivity index (χ3n) is 3.35. The summed E-state index contributed by atoms with van der Waals surface area (Å²) in [5.41, 5.74) is 3.22. The Morgan fingerprint density at radius 1 is 1.05 bits per heavy atom. The molecule has 92 valence electrons. The van der Waals surface area contributed by atoms with Gasteiger partial charge in [-0.05, 0) is 17.7 Å². The van der Waals surface area contributed by atoms with E-state index >= 15 is 0 Å². The minimum atomic E-state index is 0.229. The second-order valence-corrected chi connectivity index (χ2v) is 4.62. The largest absolute Gasteiger partial charge is 0.508 e. The summed E-state index contributed by atoms with van der Waals surface area (Å²) in [5.74, 6) is 1.78. The molecule has 2 heterocycles. The molecule has 0 radical (unpaired) electrons. The molecular weight excluding hydrogens is 238 g/mol. The molecule has 0 atom stereocenters. The number of phenols is 1. The highest BCUT2D eigenvalue weighted by atomic mass is 16.3. The zero-order chi connectivity index (χ0) is 12.8. The molecule has 1 aromatic heterocycles. The smallest absolute Gasteiger partial charge is 0.181 e. The first-order valence-electron chi connectivity index (χ1n) is 6.14. The summed E-state index contributed by atoms with van der Waals surface area (Å²) in [7, 11) is 0. The second kappa shape index (κ2) is 3.68. The number of rotatable bonds is 1. The lowest BCUT2D eigenvalue weighted by Gasteiger charge is -1.98. The van der Waals surface area contributed by atoms with Crippen molar-refractivity contribution in [2.24, 2.45) is 0 Å². The van der Waals surface area contributed by atoms with E-state index in [1.807, 2.05) is 22.9 Å². The fourth-order valence-corrected chi connectivity index (χ4v) is 2.46. The average Bonchev–Trinajstić information content (AvgIpc) is 2.96. The molecule has 19 heavy (non-hydrogen) atoms. The number of hydrogen-bond donors (Lipinski definition) is 1. The predicted octanol–water partition coefficient (Wildman–Crippen LogP) is 2.68. The Morgan fingerprint density at radius 2 is 1.95 bits per heavy atom. The van der Waals surface area contributed by atoms with Crippen LogP contribution < -0.4 is 0 Å². The van der Waals surface area contributed by atoms with E-state index in [2.05, 4.69) is 22.2 Å². The summed E-state index contributed by atoms with van der Waals surface area (Å²) in [6, 6.07) is 15.2. The van der Waals surface area contributed by atoms with Crippen molar-refractivity contribution in [2.45, 2.75) is 6.54 Å². The van der Waals surface area contributed by atoms with E-state index in [1.54, 1.807) is 18.2 Å². The lowest BCUT2D eigenvalue weighted by atomic mass is 10.1. The molecule has 0 amide bonds. The van der Waals surface area contributed by atoms with Crippen LogP contribution in [0, 0.1) is 0 Å². The maximum absolute atomic E-state index is 9.52. The summed E-state index contributed by atoms with van der Waals surface area (Å²) < 4.78 is 1.91. The van der Waals surface area contributed by atoms with Crippen molar-refractivity contribution in [3.8, 4) is 28.5 Å². The second-order valence-electron chi connectivity index (χ2n) is 4.62. The van der Waals surface area contributed by atoms with E-state index in [0.717, 1.165) is 23.5 Å². The van der Waals surface area contributed by atoms with Gasteiger partial charge in [-0.25, -0.2) is 9.67 Å². The minimum Gasteiger partial charge on any atom is -0.508 e. The van der Waals surface area contributed by atoms with Crippen molar-refractivity contribution in [2.75, 3.05) is 0 Å². The number of nitrogens with zero attached hydrogens (tertiary/aromatic N) is 3. The maximum atomic E-state index is 9.52. The fourth-order valence-electron chi connectivity index (χ4n) is 2.46. The molecule has 4 rings (SSSR count). The van der Waals surface area contributed by atoms with Crippen LogP contribution in [0.1, 0.15) is 5.56 Å². The van der Waals surface area contributed by atoms with Gasteiger partial charge in [0.2, 0.25) is 0 Å². The van der Waals surface area contributed by atoms with Gasteiger partial charge in [-0.2, -0.15) is 5.10 Å². The lowest BCUT2D eigenvalue weighted by molar-refractivity contribution is 0.475. The van der Waals surface area contributed by atoms with Crippen LogP contribution in [0.15, 0.2) is 48.5 Å². The van der Waals surface area contributed by atoms with E-state index < -0.39 is 0 Å². The highest BCUT2D eigenvalue weighted by Gasteiger charge is 2.22. The SMILES string of the molecule is Oc1cccc(-c2nc3n(n2)Cc2ccccc2-3)c1. The third-order valence-corrected chi connectivity index (χ3v) is 3.35. The van der Waals surface area contributed by atoms with Gasteiger partial charge in [0.05, 0.1) is 6.54 Å². The molecule has 3 aromatic rings. The van der Waals surface area contributed by atoms with Crippen molar-refractivity contribution >= 4 is 0 Å². The monoisotopic (exact) mass is 249 g/mol. The van der Waals surface area contributed by atoms with Gasteiger partial charge >= 0.3 is 0 Å². The predicted molar refractivity (Wildman–Crippen MR) is 71.7 cm³/mol. The van der Waals surface area contributed by atoms with Crippen molar-refractivity contribution in [1.82, 2.24) is 14.8 Å². The molecule has 4 nitrogen and oxygen atoms in total. The maximum Gasteiger partial charge on any atom is 0.181 e. The normalized spacial score (nSPS) is 12.2. The van der Waals surface area contributed by atoms with Crippen molar-refractivity contribution in [3.05, 3.63) is 54.1 Å². The first-order chi connectivity index (χ1) is 9.31. The summed E-state index contributed by atoms with van der Waals surface area (Å²) >= 11 is 0. The summed E-state index contributed by atoms with van der Waals surface area (Å²) in [5, 5.41) is 14.0. The van der Waals surface area contributed by atoms with Gasteiger partial charge in [-0.15, -0.1) is 0 Å². The Balaban J connectivity index is 1.85. The molecule has 0 aliphatic carbocycles. The quantitative estimate of drug-likeness (QED) is 0.564. The van der Waals surface area contributed by atoms with Gasteiger partial charge in [0.1, 0.15) is 5.75 Å². The summed E-state index contributed by atoms with van der Waals surface area (Å²) in [4.78, 5) is 4.58. The van der Waals surface area contributed by atoms with Crippen molar-refractivity contribution < 1.29 is 5.11 Å². The van der Waals surface area contributed by atoms with Crippen LogP contribution in [0.4, 0.5) is 0 Å². The highest BCUT2D eigenvalue weighted by Crippen LogP contribution is 2.31. The molecule has 4 heteroatoms. The first kappa shape index (κ1) is 10.3. The summed E-state index contributed by atoms with van der Waals surface area (Å²) in [6.07, 6.45) is 0. The lowest BCUT2D eigenvalue weighted by Crippen LogP contribution is -1.95. The van der Waals surface area contributed by atoms with Crippen LogP contribution in [0.25, 0.3) is 22.8 Å². The number of aromatic nitrogens is 3. The van der Waals surface area contributed by atoms with Gasteiger partial charge in [0, 0.05) is 11.1 Å². The average molecular weight is 249 g/mol. The van der Waals surface area contributed by atoms with Crippen LogP contribution in [0.2, 0.25) is 0 Å². The van der Waals surface area contributed by atoms with Gasteiger partial charge < -0.3 is 5.11 Å². The zero-order valence-corrected chi connectivity index (χ0v) is 10.1. The molecule has 1 N–H and O–H groups in total. The third kappa shape index (κ3) is 1.53. The van der Waals surface area contributed by atoms with Gasteiger partial charge in [-0.3, -0.25) is 0 Å². The Labute approximate surface area is 110 Å². The number of benzene rings is 2. The fraction of sp³-hybridized carbons (Fsp3) is 0.0667. The van der Waals surface area contributed by atoms with E-state index in [4.69, 9.17) is 0 Å². The molecule has 1 aliphatic heterocycles. The van der Waals surface area contributed by atoms with Crippen molar-refractivity contribution in [1.29, 1.82) is 0 Å². The van der Waals surface area contributed by atoms with Gasteiger partial charge in [-0.1, -0.05) is 36.4 Å². The molecular formula is C15H11N3O. The first-order valence-corrected chi connectivity index (χ1v) is 6.14. The van der Waals surface area contributed by atoms with Crippen LogP contribution in [-0.2, 0) is 6.54 Å².